The fraction of sp³-hybridized carbons (Fsp3) is 0. The molecule has 3 heterocycles. The van der Waals surface area contributed by atoms with E-state index in [2.05, 4.69) is 170 Å². The van der Waals surface area contributed by atoms with Crippen LogP contribution in [0.15, 0.2) is 203 Å². The van der Waals surface area contributed by atoms with Crippen LogP contribution in [-0.4, -0.2) is 9.97 Å². The van der Waals surface area contributed by atoms with Gasteiger partial charge in [0.05, 0.1) is 11.4 Å². The van der Waals surface area contributed by atoms with Crippen LogP contribution in [0, 0.1) is 0 Å². The van der Waals surface area contributed by atoms with Gasteiger partial charge in [-0.1, -0.05) is 164 Å². The summed E-state index contributed by atoms with van der Waals surface area (Å²) in [5.74, 6) is 0.618. The Balaban J connectivity index is 1.21. The maximum Gasteiger partial charge on any atom is 0.161 e. The van der Waals surface area contributed by atoms with Gasteiger partial charge in [0, 0.05) is 38.2 Å². The molecule has 0 spiro atoms. The van der Waals surface area contributed by atoms with Crippen LogP contribution in [0.2, 0.25) is 0 Å². The maximum absolute atomic E-state index is 6.64. The maximum atomic E-state index is 6.64. The van der Waals surface area contributed by atoms with Crippen molar-refractivity contribution in [3.8, 4) is 56.2 Å². The highest BCUT2D eigenvalue weighted by atomic mass is 16.3. The fourth-order valence-electron chi connectivity index (χ4n) is 8.87. The van der Waals surface area contributed by atoms with Crippen LogP contribution in [0.3, 0.4) is 0 Å². The summed E-state index contributed by atoms with van der Waals surface area (Å²) in [4.78, 5) is 11.1. The number of furan rings is 2. The Morgan fingerprint density at radius 1 is 0.310 bits per heavy atom. The highest BCUT2D eigenvalue weighted by Crippen LogP contribution is 2.46. The molecule has 0 bridgehead atoms. The first-order valence-electron chi connectivity index (χ1n) is 19.6. The molecule has 0 unspecified atom stereocenters. The summed E-state index contributed by atoms with van der Waals surface area (Å²) in [7, 11) is 0. The molecule has 0 aliphatic rings. The second-order valence-electron chi connectivity index (χ2n) is 14.8. The van der Waals surface area contributed by atoms with Crippen LogP contribution in [0.1, 0.15) is 0 Å². The molecule has 0 N–H and O–H groups in total. The second kappa shape index (κ2) is 12.9. The van der Waals surface area contributed by atoms with Crippen molar-refractivity contribution in [2.24, 2.45) is 0 Å². The third kappa shape index (κ3) is 5.02. The van der Waals surface area contributed by atoms with Gasteiger partial charge in [0.15, 0.2) is 5.82 Å². The molecule has 0 atom stereocenters. The Morgan fingerprint density at radius 2 is 0.776 bits per heavy atom. The van der Waals surface area contributed by atoms with E-state index in [9.17, 15) is 0 Å². The standard InChI is InChI=1S/C54H32N2O2/c1-2-14-33(15-3-1)38-30-28-34-16-4-6-18-36(34)50(38)45-31-29-35-17-5-7-19-37(35)51(45)54-55-46(43-24-12-22-41-39-20-8-10-26-48(39)57-52(41)43)32-47(56-54)44-25-13-23-42-40-21-9-11-27-49(40)58-53(42)44/h1-32H. The molecule has 9 aromatic carbocycles. The van der Waals surface area contributed by atoms with Crippen molar-refractivity contribution in [3.05, 3.63) is 194 Å². The Bertz CT molecular complexity index is 3450. The lowest BCUT2D eigenvalue weighted by atomic mass is 9.85. The summed E-state index contributed by atoms with van der Waals surface area (Å²) in [6.45, 7) is 0. The average Bonchev–Trinajstić information content (AvgIpc) is 3.87. The summed E-state index contributed by atoms with van der Waals surface area (Å²) in [5, 5.41) is 8.74. The molecular formula is C54H32N2O2. The van der Waals surface area contributed by atoms with E-state index in [0.29, 0.717) is 5.82 Å². The Hall–Kier alpha value is -7.82. The van der Waals surface area contributed by atoms with Crippen molar-refractivity contribution in [1.82, 2.24) is 9.97 Å². The van der Waals surface area contributed by atoms with Crippen molar-refractivity contribution >= 4 is 65.4 Å². The number of hydrogen-bond donors (Lipinski definition) is 0. The molecule has 0 amide bonds. The molecule has 0 saturated heterocycles. The van der Waals surface area contributed by atoms with E-state index in [0.717, 1.165) is 110 Å². The summed E-state index contributed by atoms with van der Waals surface area (Å²) >= 11 is 0. The molecule has 12 rings (SSSR count). The monoisotopic (exact) mass is 740 g/mol. The number of fused-ring (bicyclic) bond motifs is 8. The molecule has 4 heteroatoms. The lowest BCUT2D eigenvalue weighted by Crippen LogP contribution is -2.00. The van der Waals surface area contributed by atoms with E-state index in [1.165, 1.54) is 5.39 Å². The van der Waals surface area contributed by atoms with Gasteiger partial charge in [-0.3, -0.25) is 0 Å². The van der Waals surface area contributed by atoms with Crippen LogP contribution in [0.25, 0.3) is 122 Å². The van der Waals surface area contributed by atoms with E-state index in [1.54, 1.807) is 0 Å². The zero-order valence-corrected chi connectivity index (χ0v) is 31.2. The topological polar surface area (TPSA) is 52.1 Å². The predicted molar refractivity (Wildman–Crippen MR) is 239 cm³/mol. The molecule has 58 heavy (non-hydrogen) atoms. The minimum absolute atomic E-state index is 0.618. The molecule has 0 fully saturated rings. The first-order valence-corrected chi connectivity index (χ1v) is 19.6. The first kappa shape index (κ1) is 32.4. The van der Waals surface area contributed by atoms with Gasteiger partial charge >= 0.3 is 0 Å². The first-order chi connectivity index (χ1) is 28.8. The normalized spacial score (nSPS) is 11.8. The van der Waals surface area contributed by atoms with Crippen molar-refractivity contribution in [1.29, 1.82) is 0 Å². The van der Waals surface area contributed by atoms with Gasteiger partial charge in [-0.2, -0.15) is 0 Å². The number of aromatic nitrogens is 2. The number of nitrogens with zero attached hydrogens (tertiary/aromatic N) is 2. The molecule has 0 radical (unpaired) electrons. The van der Waals surface area contributed by atoms with E-state index >= 15 is 0 Å². The van der Waals surface area contributed by atoms with Gasteiger partial charge in [-0.15, -0.1) is 0 Å². The van der Waals surface area contributed by atoms with Gasteiger partial charge < -0.3 is 8.83 Å². The second-order valence-corrected chi connectivity index (χ2v) is 14.8. The number of rotatable bonds is 5. The van der Waals surface area contributed by atoms with Crippen LogP contribution in [0.5, 0.6) is 0 Å². The van der Waals surface area contributed by atoms with Gasteiger partial charge in [0.1, 0.15) is 22.3 Å². The zero-order valence-electron chi connectivity index (χ0n) is 31.2. The lowest BCUT2D eigenvalue weighted by molar-refractivity contribution is 0.669. The van der Waals surface area contributed by atoms with Crippen LogP contribution < -0.4 is 0 Å². The molecule has 270 valence electrons. The van der Waals surface area contributed by atoms with Crippen molar-refractivity contribution in [3.63, 3.8) is 0 Å². The zero-order chi connectivity index (χ0) is 38.2. The summed E-state index contributed by atoms with van der Waals surface area (Å²) in [6, 6.07) is 67.9. The molecule has 0 saturated carbocycles. The fourth-order valence-corrected chi connectivity index (χ4v) is 8.87. The van der Waals surface area contributed by atoms with Gasteiger partial charge in [-0.25, -0.2) is 9.97 Å². The van der Waals surface area contributed by atoms with Crippen LogP contribution >= 0.6 is 0 Å². The van der Waals surface area contributed by atoms with Crippen LogP contribution in [0.4, 0.5) is 0 Å². The Morgan fingerprint density at radius 3 is 1.36 bits per heavy atom. The predicted octanol–water partition coefficient (Wildman–Crippen LogP) is 14.9. The minimum Gasteiger partial charge on any atom is -0.455 e. The highest BCUT2D eigenvalue weighted by molar-refractivity contribution is 6.14. The average molecular weight is 741 g/mol. The SMILES string of the molecule is c1ccc(-c2ccc3ccccc3c2-c2ccc3ccccc3c2-c2nc(-c3cccc4c3oc3ccccc34)cc(-c3cccc4c3oc3ccccc34)n2)cc1. The minimum atomic E-state index is 0.618. The van der Waals surface area contributed by atoms with Crippen molar-refractivity contribution in [2.75, 3.05) is 0 Å². The molecule has 4 nitrogen and oxygen atoms in total. The molecule has 0 aliphatic heterocycles. The van der Waals surface area contributed by atoms with E-state index in [4.69, 9.17) is 18.8 Å². The van der Waals surface area contributed by atoms with E-state index < -0.39 is 0 Å². The third-order valence-corrected chi connectivity index (χ3v) is 11.5. The smallest absolute Gasteiger partial charge is 0.161 e. The Labute approximate surface area is 333 Å². The molecule has 0 aliphatic carbocycles. The van der Waals surface area contributed by atoms with E-state index in [1.807, 2.05) is 24.3 Å². The number of benzene rings is 9. The van der Waals surface area contributed by atoms with Crippen molar-refractivity contribution < 1.29 is 8.83 Å². The quantitative estimate of drug-likeness (QED) is 0.176. The van der Waals surface area contributed by atoms with Crippen molar-refractivity contribution in [2.45, 2.75) is 0 Å². The molecular weight excluding hydrogens is 709 g/mol. The third-order valence-electron chi connectivity index (χ3n) is 11.5. The van der Waals surface area contributed by atoms with Crippen LogP contribution in [-0.2, 0) is 0 Å². The summed E-state index contributed by atoms with van der Waals surface area (Å²) in [5.41, 5.74) is 12.0. The summed E-state index contributed by atoms with van der Waals surface area (Å²) < 4.78 is 13.3. The molecule has 12 aromatic rings. The molecule has 3 aromatic heterocycles. The largest absolute Gasteiger partial charge is 0.455 e. The number of para-hydroxylation sites is 4. The summed E-state index contributed by atoms with van der Waals surface area (Å²) in [6.07, 6.45) is 0. The van der Waals surface area contributed by atoms with Gasteiger partial charge in [0.25, 0.3) is 0 Å². The number of hydrogen-bond acceptors (Lipinski definition) is 4. The lowest BCUT2D eigenvalue weighted by Gasteiger charge is -2.19. The Kier molecular flexibility index (Phi) is 7.20. The van der Waals surface area contributed by atoms with Gasteiger partial charge in [0.2, 0.25) is 0 Å². The highest BCUT2D eigenvalue weighted by Gasteiger charge is 2.24. The van der Waals surface area contributed by atoms with E-state index in [-0.39, 0.29) is 0 Å². The van der Waals surface area contributed by atoms with Gasteiger partial charge in [-0.05, 0) is 74.1 Å².